The molecule has 0 bridgehead atoms. The van der Waals surface area contributed by atoms with Gasteiger partial charge in [0.05, 0.1) is 0 Å². The van der Waals surface area contributed by atoms with Gasteiger partial charge < -0.3 is 4.74 Å². The van der Waals surface area contributed by atoms with Crippen molar-refractivity contribution in [1.29, 1.82) is 0 Å². The third-order valence-corrected chi connectivity index (χ3v) is 3.77. The monoisotopic (exact) mass is 190 g/mol. The number of hydrogen-bond acceptors (Lipinski definition) is 4. The number of thioether (sulfide) groups is 2. The molecule has 1 unspecified atom stereocenters. The van der Waals surface area contributed by atoms with Crippen molar-refractivity contribution in [1.82, 2.24) is 0 Å². The van der Waals surface area contributed by atoms with Gasteiger partial charge in [-0.2, -0.15) is 0 Å². The van der Waals surface area contributed by atoms with Crippen LogP contribution >= 0.6 is 23.5 Å². The number of ether oxygens (including phenoxy) is 1. The number of carbonyl (C=O) groups excluding carboxylic acids is 1. The largest absolute Gasteiger partial charge is 0.447 e. The van der Waals surface area contributed by atoms with Gasteiger partial charge in [0.25, 0.3) is 0 Å². The Balaban J connectivity index is 2.29. The molecular weight excluding hydrogens is 180 g/mol. The van der Waals surface area contributed by atoms with E-state index in [0.717, 1.165) is 10.8 Å². The highest BCUT2D eigenvalue weighted by molar-refractivity contribution is 8.19. The molecule has 1 aliphatic rings. The summed E-state index contributed by atoms with van der Waals surface area (Å²) in [5.41, 5.74) is 0.520. The summed E-state index contributed by atoms with van der Waals surface area (Å²) in [7, 11) is 0. The molecule has 4 heteroatoms. The molecule has 0 aromatic rings. The van der Waals surface area contributed by atoms with Gasteiger partial charge in [-0.3, -0.25) is 0 Å². The second-order valence-electron chi connectivity index (χ2n) is 2.27. The number of rotatable bonds is 2. The summed E-state index contributed by atoms with van der Waals surface area (Å²) in [5, 5.41) is 1.02. The highest BCUT2D eigenvalue weighted by atomic mass is 32.2. The summed E-state index contributed by atoms with van der Waals surface area (Å²) in [6.45, 7) is 5.17. The minimum absolute atomic E-state index is 0.0456. The second-order valence-corrected chi connectivity index (χ2v) is 4.81. The molecule has 1 aliphatic heterocycles. The Hall–Kier alpha value is -0.0900. The van der Waals surface area contributed by atoms with E-state index in [0.29, 0.717) is 5.57 Å². The van der Waals surface area contributed by atoms with Crippen LogP contribution in [0, 0.1) is 0 Å². The summed E-state index contributed by atoms with van der Waals surface area (Å²) in [5.74, 6) is 0.633. The Labute approximate surface area is 74.8 Å². The summed E-state index contributed by atoms with van der Waals surface area (Å²) in [6.07, 6.45) is 0. The molecule has 0 amide bonds. The third-order valence-electron chi connectivity index (χ3n) is 1.18. The van der Waals surface area contributed by atoms with Crippen molar-refractivity contribution in [3.63, 3.8) is 0 Å². The smallest absolute Gasteiger partial charge is 0.334 e. The van der Waals surface area contributed by atoms with Crippen LogP contribution in [0.3, 0.4) is 0 Å². The molecule has 0 saturated carbocycles. The molecule has 62 valence electrons. The van der Waals surface area contributed by atoms with Crippen molar-refractivity contribution in [3.8, 4) is 0 Å². The molecule has 0 aliphatic carbocycles. The van der Waals surface area contributed by atoms with Crippen molar-refractivity contribution >= 4 is 29.5 Å². The van der Waals surface area contributed by atoms with Gasteiger partial charge in [-0.25, -0.2) is 4.79 Å². The van der Waals surface area contributed by atoms with Gasteiger partial charge in [0.2, 0.25) is 0 Å². The molecule has 1 fully saturated rings. The number of hydrogen-bond donors (Lipinski definition) is 0. The van der Waals surface area contributed by atoms with Crippen molar-refractivity contribution in [3.05, 3.63) is 12.2 Å². The molecule has 0 aromatic heterocycles. The van der Waals surface area contributed by atoms with Crippen molar-refractivity contribution in [2.45, 2.75) is 12.4 Å². The Morgan fingerprint density at radius 1 is 1.73 bits per heavy atom. The Kier molecular flexibility index (Phi) is 3.33. The van der Waals surface area contributed by atoms with Crippen molar-refractivity contribution in [2.24, 2.45) is 0 Å². The number of carbonyl (C=O) groups is 1. The quantitative estimate of drug-likeness (QED) is 0.490. The molecule has 0 N–H and O–H groups in total. The van der Waals surface area contributed by atoms with E-state index in [1.807, 2.05) is 0 Å². The standard InChI is InChI=1S/C7H10O2S2/c1-5(2)7(8)9-6-3-10-4-11-6/h6H,1,3-4H2,2H3. The van der Waals surface area contributed by atoms with Crippen LogP contribution in [0.1, 0.15) is 6.92 Å². The predicted octanol–water partition coefficient (Wildman–Crippen LogP) is 1.87. The second kappa shape index (κ2) is 4.07. The van der Waals surface area contributed by atoms with Gasteiger partial charge in [-0.05, 0) is 6.92 Å². The zero-order chi connectivity index (χ0) is 8.27. The molecule has 0 spiro atoms. The maximum atomic E-state index is 11.0. The molecule has 0 radical (unpaired) electrons. The van der Waals surface area contributed by atoms with Crippen LogP contribution in [-0.4, -0.2) is 22.2 Å². The molecule has 1 rings (SSSR count). The van der Waals surface area contributed by atoms with Crippen LogP contribution in [0.5, 0.6) is 0 Å². The van der Waals surface area contributed by atoms with E-state index in [1.165, 1.54) is 0 Å². The average molecular weight is 190 g/mol. The van der Waals surface area contributed by atoms with Crippen LogP contribution < -0.4 is 0 Å². The lowest BCUT2D eigenvalue weighted by atomic mass is 10.4. The van der Waals surface area contributed by atoms with E-state index in [4.69, 9.17) is 4.74 Å². The van der Waals surface area contributed by atoms with Crippen LogP contribution in [0.15, 0.2) is 12.2 Å². The van der Waals surface area contributed by atoms with Crippen LogP contribution in [0.2, 0.25) is 0 Å². The lowest BCUT2D eigenvalue weighted by Crippen LogP contribution is -2.14. The van der Waals surface area contributed by atoms with Gasteiger partial charge in [-0.15, -0.1) is 23.5 Å². The maximum absolute atomic E-state index is 11.0. The van der Waals surface area contributed by atoms with Crippen molar-refractivity contribution in [2.75, 3.05) is 10.8 Å². The fourth-order valence-electron chi connectivity index (χ4n) is 0.604. The first-order valence-corrected chi connectivity index (χ1v) is 5.46. The summed E-state index contributed by atoms with van der Waals surface area (Å²) < 4.78 is 5.08. The highest BCUT2D eigenvalue weighted by Crippen LogP contribution is 2.30. The minimum Gasteiger partial charge on any atom is -0.447 e. The van der Waals surface area contributed by atoms with E-state index in [1.54, 1.807) is 30.4 Å². The van der Waals surface area contributed by atoms with Gasteiger partial charge in [0.15, 0.2) is 5.44 Å². The third kappa shape index (κ3) is 2.79. The first-order valence-electron chi connectivity index (χ1n) is 3.26. The molecule has 11 heavy (non-hydrogen) atoms. The Bertz CT molecular complexity index is 173. The maximum Gasteiger partial charge on any atom is 0.334 e. The number of esters is 1. The Morgan fingerprint density at radius 3 is 2.91 bits per heavy atom. The average Bonchev–Trinajstić information content (AvgIpc) is 2.39. The summed E-state index contributed by atoms with van der Waals surface area (Å²) in [4.78, 5) is 11.0. The van der Waals surface area contributed by atoms with Crippen LogP contribution in [0.4, 0.5) is 0 Å². The highest BCUT2D eigenvalue weighted by Gasteiger charge is 2.20. The fourth-order valence-corrected chi connectivity index (χ4v) is 3.07. The summed E-state index contributed by atoms with van der Waals surface area (Å²) in [6, 6.07) is 0. The van der Waals surface area contributed by atoms with E-state index in [-0.39, 0.29) is 11.4 Å². The van der Waals surface area contributed by atoms with Gasteiger partial charge in [0, 0.05) is 16.4 Å². The normalized spacial score (nSPS) is 23.2. The van der Waals surface area contributed by atoms with E-state index in [9.17, 15) is 4.79 Å². The van der Waals surface area contributed by atoms with Gasteiger partial charge >= 0.3 is 5.97 Å². The molecule has 1 heterocycles. The van der Waals surface area contributed by atoms with E-state index >= 15 is 0 Å². The lowest BCUT2D eigenvalue weighted by Gasteiger charge is -2.08. The first kappa shape index (κ1) is 9.00. The van der Waals surface area contributed by atoms with Crippen LogP contribution in [0.25, 0.3) is 0 Å². The molecule has 2 nitrogen and oxygen atoms in total. The molecular formula is C7H10O2S2. The SMILES string of the molecule is C=C(C)C(=O)OC1CSCS1. The lowest BCUT2D eigenvalue weighted by molar-refractivity contribution is -0.139. The molecule has 1 saturated heterocycles. The van der Waals surface area contributed by atoms with Crippen LogP contribution in [-0.2, 0) is 9.53 Å². The van der Waals surface area contributed by atoms with Crippen molar-refractivity contribution < 1.29 is 9.53 Å². The van der Waals surface area contributed by atoms with Gasteiger partial charge in [-0.1, -0.05) is 6.58 Å². The predicted molar refractivity (Wildman–Crippen MR) is 49.6 cm³/mol. The zero-order valence-electron chi connectivity index (χ0n) is 6.33. The summed E-state index contributed by atoms with van der Waals surface area (Å²) >= 11 is 3.46. The topological polar surface area (TPSA) is 26.3 Å². The van der Waals surface area contributed by atoms with E-state index < -0.39 is 0 Å². The fraction of sp³-hybridized carbons (Fsp3) is 0.571. The zero-order valence-corrected chi connectivity index (χ0v) is 7.96. The first-order chi connectivity index (χ1) is 5.20. The van der Waals surface area contributed by atoms with E-state index in [2.05, 4.69) is 6.58 Å². The Morgan fingerprint density at radius 2 is 2.45 bits per heavy atom. The molecule has 0 aromatic carbocycles. The molecule has 1 atom stereocenters. The minimum atomic E-state index is -0.273. The van der Waals surface area contributed by atoms with Gasteiger partial charge in [0.1, 0.15) is 0 Å².